The van der Waals surface area contributed by atoms with E-state index in [0.29, 0.717) is 18.7 Å². The average molecular weight is 271 g/mol. The first-order valence-electron chi connectivity index (χ1n) is 6.55. The predicted molar refractivity (Wildman–Crippen MR) is 67.9 cm³/mol. The number of aliphatic hydroxyl groups is 1. The fourth-order valence-corrected chi connectivity index (χ4v) is 2.35. The maximum absolute atomic E-state index is 13.1. The fraction of sp³-hybridized carbons (Fsp3) is 0.571. The van der Waals surface area contributed by atoms with Crippen LogP contribution in [-0.4, -0.2) is 48.5 Å². The van der Waals surface area contributed by atoms with Crippen molar-refractivity contribution in [3.05, 3.63) is 35.4 Å². The highest BCUT2D eigenvalue weighted by atomic mass is 19.1. The highest BCUT2D eigenvalue weighted by molar-refractivity contribution is 5.19. The molecule has 5 heteroatoms. The molecule has 1 aliphatic rings. The maximum Gasteiger partial charge on any atom is 0.126 e. The zero-order valence-electron chi connectivity index (χ0n) is 11.0. The quantitative estimate of drug-likeness (QED) is 0.902. The number of nitrogens with zero attached hydrogens (tertiary/aromatic N) is 1. The summed E-state index contributed by atoms with van der Waals surface area (Å²) in [5, 5.41) is 10.1. The summed E-state index contributed by atoms with van der Waals surface area (Å²) in [6, 6.07) is 3.31. The predicted octanol–water partition coefficient (Wildman–Crippen LogP) is 1.59. The summed E-state index contributed by atoms with van der Waals surface area (Å²) in [5.74, 6) is -1.25. The fourth-order valence-electron chi connectivity index (χ4n) is 2.35. The molecule has 1 aromatic carbocycles. The van der Waals surface area contributed by atoms with Crippen LogP contribution in [0.1, 0.15) is 12.5 Å². The molecule has 0 aromatic heterocycles. The Morgan fingerprint density at radius 3 is 2.68 bits per heavy atom. The lowest BCUT2D eigenvalue weighted by Gasteiger charge is -2.34. The number of aliphatic hydroxyl groups excluding tert-OH is 1. The van der Waals surface area contributed by atoms with Gasteiger partial charge < -0.3 is 9.84 Å². The van der Waals surface area contributed by atoms with Gasteiger partial charge in [0.25, 0.3) is 0 Å². The van der Waals surface area contributed by atoms with Crippen LogP contribution in [0.4, 0.5) is 8.78 Å². The van der Waals surface area contributed by atoms with Gasteiger partial charge in [0.1, 0.15) is 11.6 Å². The lowest BCUT2D eigenvalue weighted by atomic mass is 10.0. The van der Waals surface area contributed by atoms with Gasteiger partial charge in [-0.2, -0.15) is 0 Å². The van der Waals surface area contributed by atoms with Gasteiger partial charge in [-0.3, -0.25) is 4.90 Å². The van der Waals surface area contributed by atoms with E-state index in [-0.39, 0.29) is 12.5 Å². The highest BCUT2D eigenvalue weighted by Gasteiger charge is 2.26. The van der Waals surface area contributed by atoms with E-state index in [4.69, 9.17) is 4.74 Å². The maximum atomic E-state index is 13.1. The molecule has 2 rings (SSSR count). The third-order valence-electron chi connectivity index (χ3n) is 3.42. The van der Waals surface area contributed by atoms with Crippen LogP contribution in [0.2, 0.25) is 0 Å². The minimum atomic E-state index is -0.754. The van der Waals surface area contributed by atoms with Gasteiger partial charge in [0.2, 0.25) is 0 Å². The summed E-state index contributed by atoms with van der Waals surface area (Å²) in [6.07, 6.45) is -0.868. The van der Waals surface area contributed by atoms with Gasteiger partial charge in [0.05, 0.1) is 18.8 Å². The van der Waals surface area contributed by atoms with E-state index in [9.17, 15) is 13.9 Å². The van der Waals surface area contributed by atoms with Gasteiger partial charge in [0, 0.05) is 25.6 Å². The Morgan fingerprint density at radius 1 is 1.37 bits per heavy atom. The van der Waals surface area contributed by atoms with Crippen LogP contribution >= 0.6 is 0 Å². The third kappa shape index (κ3) is 3.96. The molecule has 2 unspecified atom stereocenters. The molecule has 1 N–H and O–H groups in total. The Balaban J connectivity index is 1.98. The topological polar surface area (TPSA) is 32.7 Å². The monoisotopic (exact) mass is 271 g/mol. The van der Waals surface area contributed by atoms with Gasteiger partial charge in [-0.15, -0.1) is 0 Å². The van der Waals surface area contributed by atoms with Crippen molar-refractivity contribution >= 4 is 0 Å². The molecule has 19 heavy (non-hydrogen) atoms. The summed E-state index contributed by atoms with van der Waals surface area (Å²) >= 11 is 0. The number of hydrogen-bond acceptors (Lipinski definition) is 3. The second-order valence-electron chi connectivity index (χ2n) is 4.85. The Morgan fingerprint density at radius 2 is 2.05 bits per heavy atom. The molecule has 2 atom stereocenters. The molecule has 0 amide bonds. The van der Waals surface area contributed by atoms with Crippen molar-refractivity contribution in [2.45, 2.75) is 25.6 Å². The van der Waals surface area contributed by atoms with Gasteiger partial charge in [-0.25, -0.2) is 8.78 Å². The van der Waals surface area contributed by atoms with Crippen LogP contribution < -0.4 is 0 Å². The van der Waals surface area contributed by atoms with Crippen molar-refractivity contribution in [3.8, 4) is 0 Å². The average Bonchev–Trinajstić information content (AvgIpc) is 2.37. The van der Waals surface area contributed by atoms with Crippen molar-refractivity contribution in [2.24, 2.45) is 0 Å². The molecule has 106 valence electrons. The standard InChI is InChI=1S/C14H19F2NO2/c1-2-17-3-4-19-14(9-17)13(18)7-10-5-11(15)8-12(16)6-10/h5-6,8,13-14,18H,2-4,7,9H2,1H3. The van der Waals surface area contributed by atoms with Gasteiger partial charge >= 0.3 is 0 Å². The largest absolute Gasteiger partial charge is 0.390 e. The molecule has 0 bridgehead atoms. The summed E-state index contributed by atoms with van der Waals surface area (Å²) in [6.45, 7) is 5.04. The zero-order valence-corrected chi connectivity index (χ0v) is 11.0. The number of halogens is 2. The molecule has 1 aliphatic heterocycles. The number of ether oxygens (including phenoxy) is 1. The summed E-state index contributed by atoms with van der Waals surface area (Å²) < 4.78 is 31.7. The Hall–Kier alpha value is -1.04. The summed E-state index contributed by atoms with van der Waals surface area (Å²) in [7, 11) is 0. The minimum absolute atomic E-state index is 0.191. The molecule has 1 fully saturated rings. The van der Waals surface area contributed by atoms with E-state index >= 15 is 0 Å². The smallest absolute Gasteiger partial charge is 0.126 e. The molecule has 0 spiro atoms. The number of rotatable bonds is 4. The molecule has 3 nitrogen and oxygen atoms in total. The normalized spacial score (nSPS) is 22.4. The minimum Gasteiger partial charge on any atom is -0.390 e. The Bertz CT molecular complexity index is 408. The first-order valence-corrected chi connectivity index (χ1v) is 6.55. The number of hydrogen-bond donors (Lipinski definition) is 1. The second-order valence-corrected chi connectivity index (χ2v) is 4.85. The first-order chi connectivity index (χ1) is 9.08. The first kappa shape index (κ1) is 14.4. The van der Waals surface area contributed by atoms with Crippen LogP contribution in [0.25, 0.3) is 0 Å². The molecule has 1 saturated heterocycles. The van der Waals surface area contributed by atoms with Crippen LogP contribution in [0, 0.1) is 11.6 Å². The SMILES string of the molecule is CCN1CCOC(C(O)Cc2cc(F)cc(F)c2)C1. The zero-order chi connectivity index (χ0) is 13.8. The van der Waals surface area contributed by atoms with Crippen LogP contribution in [0.15, 0.2) is 18.2 Å². The lowest BCUT2D eigenvalue weighted by Crippen LogP contribution is -2.48. The number of morpholine rings is 1. The van der Waals surface area contributed by atoms with Gasteiger partial charge in [0.15, 0.2) is 0 Å². The van der Waals surface area contributed by atoms with Crippen LogP contribution in [-0.2, 0) is 11.2 Å². The lowest BCUT2D eigenvalue weighted by molar-refractivity contribution is -0.0867. The van der Waals surface area contributed by atoms with Crippen molar-refractivity contribution in [1.82, 2.24) is 4.90 Å². The molecular weight excluding hydrogens is 252 g/mol. The molecular formula is C14H19F2NO2. The van der Waals surface area contributed by atoms with Gasteiger partial charge in [-0.05, 0) is 24.2 Å². The molecule has 1 heterocycles. The highest BCUT2D eigenvalue weighted by Crippen LogP contribution is 2.15. The van der Waals surface area contributed by atoms with Crippen molar-refractivity contribution in [1.29, 1.82) is 0 Å². The summed E-state index contributed by atoms with van der Waals surface area (Å²) in [4.78, 5) is 2.18. The third-order valence-corrected chi connectivity index (χ3v) is 3.42. The van der Waals surface area contributed by atoms with Crippen LogP contribution in [0.5, 0.6) is 0 Å². The molecule has 0 saturated carbocycles. The summed E-state index contributed by atoms with van der Waals surface area (Å²) in [5.41, 5.74) is 0.447. The van der Waals surface area contributed by atoms with Crippen LogP contribution in [0.3, 0.4) is 0 Å². The Labute approximate surface area is 111 Å². The molecule has 0 radical (unpaired) electrons. The van der Waals surface area contributed by atoms with E-state index in [1.165, 1.54) is 12.1 Å². The molecule has 1 aromatic rings. The number of benzene rings is 1. The van der Waals surface area contributed by atoms with E-state index in [0.717, 1.165) is 19.2 Å². The van der Waals surface area contributed by atoms with E-state index in [2.05, 4.69) is 11.8 Å². The van der Waals surface area contributed by atoms with E-state index in [1.807, 2.05) is 0 Å². The number of likely N-dealkylation sites (N-methyl/N-ethyl adjacent to an activating group) is 1. The van der Waals surface area contributed by atoms with Crippen molar-refractivity contribution < 1.29 is 18.6 Å². The van der Waals surface area contributed by atoms with E-state index < -0.39 is 17.7 Å². The van der Waals surface area contributed by atoms with E-state index in [1.54, 1.807) is 0 Å². The van der Waals surface area contributed by atoms with Crippen molar-refractivity contribution in [3.63, 3.8) is 0 Å². The van der Waals surface area contributed by atoms with Crippen molar-refractivity contribution in [2.75, 3.05) is 26.2 Å². The second kappa shape index (κ2) is 6.41. The Kier molecular flexibility index (Phi) is 4.85. The van der Waals surface area contributed by atoms with Gasteiger partial charge in [-0.1, -0.05) is 6.92 Å². The molecule has 0 aliphatic carbocycles.